The van der Waals surface area contributed by atoms with Crippen LogP contribution in [0.25, 0.3) is 0 Å². The van der Waals surface area contributed by atoms with Gasteiger partial charge in [-0.3, -0.25) is 5.10 Å². The zero-order chi connectivity index (χ0) is 15.3. The number of aryl methyl sites for hydroxylation is 1. The Kier molecular flexibility index (Phi) is 5.04. The van der Waals surface area contributed by atoms with E-state index < -0.39 is 10.0 Å². The average Bonchev–Trinajstić information content (AvgIpc) is 3.06. The summed E-state index contributed by atoms with van der Waals surface area (Å²) < 4.78 is 31.8. The molecule has 21 heavy (non-hydrogen) atoms. The van der Waals surface area contributed by atoms with Crippen LogP contribution in [0.5, 0.6) is 0 Å². The predicted molar refractivity (Wildman–Crippen MR) is 73.9 cm³/mol. The van der Waals surface area contributed by atoms with Crippen LogP contribution < -0.4 is 10.0 Å². The van der Waals surface area contributed by atoms with Crippen LogP contribution in [-0.2, 0) is 23.0 Å². The fraction of sp³-hybridized carbons (Fsp3) is 0.545. The summed E-state index contributed by atoms with van der Waals surface area (Å²) in [7, 11) is -3.68. The number of rotatable bonds is 8. The van der Waals surface area contributed by atoms with E-state index in [1.807, 2.05) is 6.92 Å². The first-order chi connectivity index (χ1) is 10.0. The van der Waals surface area contributed by atoms with Gasteiger partial charge in [-0.25, -0.2) is 13.1 Å². The molecule has 0 aromatic carbocycles. The molecule has 0 radical (unpaired) electrons. The van der Waals surface area contributed by atoms with Crippen LogP contribution in [0.4, 0.5) is 0 Å². The van der Waals surface area contributed by atoms with E-state index in [9.17, 15) is 8.42 Å². The van der Waals surface area contributed by atoms with Gasteiger partial charge < -0.3 is 9.84 Å². The second-order valence-electron chi connectivity index (χ2n) is 4.40. The van der Waals surface area contributed by atoms with Crippen LogP contribution >= 0.6 is 0 Å². The zero-order valence-electron chi connectivity index (χ0n) is 11.9. The fourth-order valence-electron chi connectivity index (χ4n) is 1.78. The number of nitrogens with one attached hydrogen (secondary N) is 3. The van der Waals surface area contributed by atoms with Gasteiger partial charge in [-0.15, -0.1) is 0 Å². The molecule has 2 aromatic heterocycles. The molecule has 2 rings (SSSR count). The smallest absolute Gasteiger partial charge is 0.260 e. The summed E-state index contributed by atoms with van der Waals surface area (Å²) in [5.74, 6) is 0.379. The Morgan fingerprint density at radius 2 is 2.24 bits per heavy atom. The van der Waals surface area contributed by atoms with Crippen molar-refractivity contribution in [3.8, 4) is 0 Å². The van der Waals surface area contributed by atoms with E-state index in [0.717, 1.165) is 12.2 Å². The number of aromatic nitrogens is 4. The minimum atomic E-state index is -3.68. The molecular weight excluding hydrogens is 296 g/mol. The van der Waals surface area contributed by atoms with E-state index >= 15 is 0 Å². The summed E-state index contributed by atoms with van der Waals surface area (Å²) in [5.41, 5.74) is 1.37. The summed E-state index contributed by atoms with van der Waals surface area (Å²) in [4.78, 5) is 3.83. The molecule has 2 heterocycles. The van der Waals surface area contributed by atoms with Crippen LogP contribution in [0.1, 0.15) is 24.1 Å². The molecule has 0 saturated carbocycles. The van der Waals surface area contributed by atoms with Gasteiger partial charge in [-0.2, -0.15) is 10.1 Å². The predicted octanol–water partition coefficient (Wildman–Crippen LogP) is -0.268. The van der Waals surface area contributed by atoms with Crippen molar-refractivity contribution < 1.29 is 12.9 Å². The van der Waals surface area contributed by atoms with Crippen LogP contribution in [0.2, 0.25) is 0 Å². The highest BCUT2D eigenvalue weighted by Gasteiger charge is 2.23. The number of hydrogen-bond acceptors (Lipinski definition) is 7. The lowest BCUT2D eigenvalue weighted by Gasteiger charge is -2.06. The van der Waals surface area contributed by atoms with E-state index in [1.165, 1.54) is 6.33 Å². The molecule has 0 unspecified atom stereocenters. The molecule has 2 aromatic rings. The van der Waals surface area contributed by atoms with Gasteiger partial charge in [-0.1, -0.05) is 12.1 Å². The standard InChI is InChI=1S/C11H18N6O3S/c1-3-12-6-9-8(2)16-17-11(9)21(18,19)15-5-4-10-13-7-14-20-10/h7,12,15H,3-6H2,1-2H3,(H,16,17). The lowest BCUT2D eigenvalue weighted by atomic mass is 10.2. The Morgan fingerprint density at radius 3 is 2.90 bits per heavy atom. The third kappa shape index (κ3) is 3.86. The van der Waals surface area contributed by atoms with Crippen molar-refractivity contribution in [2.24, 2.45) is 0 Å². The fourth-order valence-corrected chi connectivity index (χ4v) is 3.00. The molecule has 3 N–H and O–H groups in total. The lowest BCUT2D eigenvalue weighted by molar-refractivity contribution is 0.377. The molecule has 0 amide bonds. The van der Waals surface area contributed by atoms with Crippen molar-refractivity contribution in [3.63, 3.8) is 0 Å². The Balaban J connectivity index is 2.05. The third-order valence-corrected chi connectivity index (χ3v) is 4.31. The van der Waals surface area contributed by atoms with Gasteiger partial charge in [0.05, 0.1) is 0 Å². The Hall–Kier alpha value is -1.78. The SMILES string of the molecule is CCNCc1c(S(=O)(=O)NCCc2ncno2)n[nH]c1C. The number of sulfonamides is 1. The molecule has 0 fully saturated rings. The molecule has 0 aliphatic heterocycles. The molecule has 0 bridgehead atoms. The van der Waals surface area contributed by atoms with Gasteiger partial charge in [0.15, 0.2) is 11.4 Å². The highest BCUT2D eigenvalue weighted by Crippen LogP contribution is 2.15. The van der Waals surface area contributed by atoms with Gasteiger partial charge in [-0.05, 0) is 13.5 Å². The van der Waals surface area contributed by atoms with Crippen LogP contribution in [0, 0.1) is 6.92 Å². The van der Waals surface area contributed by atoms with E-state index in [0.29, 0.717) is 24.4 Å². The van der Waals surface area contributed by atoms with Gasteiger partial charge in [0.1, 0.15) is 0 Å². The maximum absolute atomic E-state index is 12.3. The van der Waals surface area contributed by atoms with Gasteiger partial charge in [0, 0.05) is 30.8 Å². The van der Waals surface area contributed by atoms with Crippen molar-refractivity contribution in [1.29, 1.82) is 0 Å². The van der Waals surface area contributed by atoms with Gasteiger partial charge >= 0.3 is 0 Å². The second kappa shape index (κ2) is 6.78. The molecule has 0 atom stereocenters. The summed E-state index contributed by atoms with van der Waals surface area (Å²) in [6, 6.07) is 0. The number of H-pyrrole nitrogens is 1. The number of aromatic amines is 1. The number of hydrogen-bond donors (Lipinski definition) is 3. The van der Waals surface area contributed by atoms with Crippen LogP contribution in [0.15, 0.2) is 15.9 Å². The molecule has 0 aliphatic rings. The largest absolute Gasteiger partial charge is 0.340 e. The Bertz CT molecular complexity index is 664. The Labute approximate surface area is 122 Å². The quantitative estimate of drug-likeness (QED) is 0.612. The Morgan fingerprint density at radius 1 is 1.43 bits per heavy atom. The normalized spacial score (nSPS) is 11.9. The van der Waals surface area contributed by atoms with E-state index in [2.05, 4.69) is 30.4 Å². The first kappa shape index (κ1) is 15.6. The zero-order valence-corrected chi connectivity index (χ0v) is 12.7. The van der Waals surface area contributed by atoms with Crippen molar-refractivity contribution in [2.75, 3.05) is 13.1 Å². The molecule has 0 spiro atoms. The van der Waals surface area contributed by atoms with Crippen molar-refractivity contribution >= 4 is 10.0 Å². The minimum Gasteiger partial charge on any atom is -0.340 e. The lowest BCUT2D eigenvalue weighted by Crippen LogP contribution is -2.28. The van der Waals surface area contributed by atoms with E-state index in [4.69, 9.17) is 4.52 Å². The van der Waals surface area contributed by atoms with E-state index in [1.54, 1.807) is 6.92 Å². The molecule has 0 saturated heterocycles. The molecule has 116 valence electrons. The van der Waals surface area contributed by atoms with Crippen molar-refractivity contribution in [3.05, 3.63) is 23.5 Å². The van der Waals surface area contributed by atoms with Gasteiger partial charge in [0.2, 0.25) is 5.89 Å². The molecule has 0 aliphatic carbocycles. The maximum atomic E-state index is 12.3. The highest BCUT2D eigenvalue weighted by atomic mass is 32.2. The first-order valence-electron chi connectivity index (χ1n) is 6.54. The highest BCUT2D eigenvalue weighted by molar-refractivity contribution is 7.89. The number of nitrogens with zero attached hydrogens (tertiary/aromatic N) is 3. The van der Waals surface area contributed by atoms with Crippen LogP contribution in [0.3, 0.4) is 0 Å². The summed E-state index contributed by atoms with van der Waals surface area (Å²) >= 11 is 0. The molecular formula is C11H18N6O3S. The van der Waals surface area contributed by atoms with Crippen molar-refractivity contribution in [2.45, 2.75) is 31.8 Å². The van der Waals surface area contributed by atoms with Gasteiger partial charge in [0.25, 0.3) is 10.0 Å². The monoisotopic (exact) mass is 314 g/mol. The van der Waals surface area contributed by atoms with Crippen molar-refractivity contribution in [1.82, 2.24) is 30.4 Å². The topological polar surface area (TPSA) is 126 Å². The molecule has 10 heteroatoms. The maximum Gasteiger partial charge on any atom is 0.260 e. The second-order valence-corrected chi connectivity index (χ2v) is 6.08. The first-order valence-corrected chi connectivity index (χ1v) is 8.02. The molecule has 9 nitrogen and oxygen atoms in total. The third-order valence-electron chi connectivity index (χ3n) is 2.88. The average molecular weight is 314 g/mol. The summed E-state index contributed by atoms with van der Waals surface area (Å²) in [6.45, 7) is 5.09. The summed E-state index contributed by atoms with van der Waals surface area (Å²) in [5, 5.41) is 13.2. The van der Waals surface area contributed by atoms with E-state index in [-0.39, 0.29) is 11.6 Å². The minimum absolute atomic E-state index is 0.0199. The van der Waals surface area contributed by atoms with Crippen LogP contribution in [-0.4, -0.2) is 41.8 Å². The summed E-state index contributed by atoms with van der Waals surface area (Å²) in [6.07, 6.45) is 1.60.